The molecule has 0 amide bonds. The highest BCUT2D eigenvalue weighted by Gasteiger charge is 2.04. The first-order chi connectivity index (χ1) is 9.10. The molecule has 1 aromatic carbocycles. The Balaban J connectivity index is 2.97. The highest BCUT2D eigenvalue weighted by molar-refractivity contribution is 5.70. The summed E-state index contributed by atoms with van der Waals surface area (Å²) in [4.78, 5) is 10.9. The Morgan fingerprint density at radius 3 is 2.63 bits per heavy atom. The lowest BCUT2D eigenvalue weighted by Gasteiger charge is -2.11. The number of esters is 1. The number of nitrogens with zero attached hydrogens (tertiary/aromatic N) is 3. The first-order valence-electron chi connectivity index (χ1n) is 6.06. The fourth-order valence-corrected chi connectivity index (χ4v) is 1.41. The largest absolute Gasteiger partial charge is 0.427 e. The molecule has 0 saturated heterocycles. The van der Waals surface area contributed by atoms with E-state index < -0.39 is 0 Å². The molecule has 100 valence electrons. The van der Waals surface area contributed by atoms with Gasteiger partial charge in [-0.2, -0.15) is 0 Å². The molecule has 0 saturated carbocycles. The maximum Gasteiger partial charge on any atom is 0.308 e. The Labute approximate surface area is 113 Å². The zero-order valence-electron chi connectivity index (χ0n) is 11.4. The molecule has 0 aliphatic heterocycles. The summed E-state index contributed by atoms with van der Waals surface area (Å²) in [5.41, 5.74) is 1.11. The summed E-state index contributed by atoms with van der Waals surface area (Å²) in [7, 11) is 0. The van der Waals surface area contributed by atoms with Crippen molar-refractivity contribution in [3.63, 3.8) is 0 Å². The molecule has 19 heavy (non-hydrogen) atoms. The molecule has 0 aliphatic rings. The van der Waals surface area contributed by atoms with E-state index in [0.29, 0.717) is 17.0 Å². The molecule has 1 rings (SSSR count). The normalized spacial score (nSPS) is 10.2. The monoisotopic (exact) mass is 259 g/mol. The van der Waals surface area contributed by atoms with Crippen LogP contribution in [0.15, 0.2) is 28.5 Å². The van der Waals surface area contributed by atoms with E-state index >= 15 is 0 Å². The molecule has 0 bridgehead atoms. The zero-order chi connectivity index (χ0) is 14.3. The van der Waals surface area contributed by atoms with Gasteiger partial charge < -0.3 is 4.74 Å². The van der Waals surface area contributed by atoms with Gasteiger partial charge in [-0.1, -0.05) is 11.1 Å². The summed E-state index contributed by atoms with van der Waals surface area (Å²) in [5, 5.41) is 10.00. The molecule has 0 heterocycles. The van der Waals surface area contributed by atoms with Gasteiger partial charge in [-0.25, -0.2) is 0 Å². The Kier molecular flexibility index (Phi) is 5.55. The van der Waals surface area contributed by atoms with Gasteiger partial charge >= 0.3 is 5.97 Å². The number of hydrogen-bond donors (Lipinski definition) is 0. The Morgan fingerprint density at radius 1 is 1.42 bits per heavy atom. The number of carbonyl (C=O) groups is 1. The molecular formula is C14H17N3O2. The van der Waals surface area contributed by atoms with Crippen molar-refractivity contribution in [2.24, 2.45) is 10.3 Å². The number of benzene rings is 1. The highest BCUT2D eigenvalue weighted by Crippen LogP contribution is 2.24. The molecular weight excluding hydrogens is 242 g/mol. The van der Waals surface area contributed by atoms with Crippen LogP contribution < -0.4 is 4.74 Å². The van der Waals surface area contributed by atoms with Gasteiger partial charge in [0.25, 0.3) is 0 Å². The van der Waals surface area contributed by atoms with Gasteiger partial charge in [0.1, 0.15) is 11.4 Å². The molecule has 0 fully saturated rings. The van der Waals surface area contributed by atoms with Crippen molar-refractivity contribution in [3.05, 3.63) is 23.8 Å². The molecule has 0 atom stereocenters. The summed E-state index contributed by atoms with van der Waals surface area (Å²) in [6.07, 6.45) is 5.42. The van der Waals surface area contributed by atoms with Crippen molar-refractivity contribution < 1.29 is 9.53 Å². The number of ether oxygens (including phenoxy) is 1. The molecule has 0 spiro atoms. The van der Waals surface area contributed by atoms with Crippen molar-refractivity contribution in [3.8, 4) is 18.1 Å². The quantitative estimate of drug-likeness (QED) is 0.268. The third-order valence-electron chi connectivity index (χ3n) is 2.39. The SMILES string of the molecule is C#Cc1cc(OC(C)=O)ccc1N=NN(CC)CC. The lowest BCUT2D eigenvalue weighted by Crippen LogP contribution is -2.14. The Hall–Kier alpha value is -2.35. The standard InChI is InChI=1S/C14H17N3O2/c1-5-12-10-13(19-11(4)18)8-9-14(12)15-16-17(6-2)7-3/h1,8-10H,6-7H2,2-4H3. The van der Waals surface area contributed by atoms with Crippen molar-refractivity contribution in [2.75, 3.05) is 13.1 Å². The molecule has 0 radical (unpaired) electrons. The molecule has 0 aliphatic carbocycles. The van der Waals surface area contributed by atoms with E-state index in [1.165, 1.54) is 6.92 Å². The fourth-order valence-electron chi connectivity index (χ4n) is 1.41. The van der Waals surface area contributed by atoms with Crippen LogP contribution in [-0.2, 0) is 4.79 Å². The van der Waals surface area contributed by atoms with Crippen LogP contribution >= 0.6 is 0 Å². The van der Waals surface area contributed by atoms with E-state index in [-0.39, 0.29) is 5.97 Å². The summed E-state index contributed by atoms with van der Waals surface area (Å²) >= 11 is 0. The van der Waals surface area contributed by atoms with Gasteiger partial charge in [0.2, 0.25) is 0 Å². The number of rotatable bonds is 5. The van der Waals surface area contributed by atoms with Crippen LogP contribution in [-0.4, -0.2) is 24.1 Å². The number of terminal acetylenes is 1. The van der Waals surface area contributed by atoms with Crippen LogP contribution in [0.3, 0.4) is 0 Å². The Bertz CT molecular complexity index is 514. The second kappa shape index (κ2) is 7.17. The fraction of sp³-hybridized carbons (Fsp3) is 0.357. The van der Waals surface area contributed by atoms with Gasteiger partial charge in [0.05, 0.1) is 5.56 Å². The van der Waals surface area contributed by atoms with E-state index in [2.05, 4.69) is 16.3 Å². The number of carbonyl (C=O) groups excluding carboxylic acids is 1. The summed E-state index contributed by atoms with van der Waals surface area (Å²) in [5.74, 6) is 2.52. The van der Waals surface area contributed by atoms with Crippen molar-refractivity contribution >= 4 is 11.7 Å². The van der Waals surface area contributed by atoms with Crippen LogP contribution in [0.25, 0.3) is 0 Å². The third-order valence-corrected chi connectivity index (χ3v) is 2.39. The first-order valence-corrected chi connectivity index (χ1v) is 6.06. The van der Waals surface area contributed by atoms with E-state index in [1.54, 1.807) is 23.2 Å². The molecule has 1 aromatic rings. The second-order valence-electron chi connectivity index (χ2n) is 3.75. The molecule has 5 nitrogen and oxygen atoms in total. The Morgan fingerprint density at radius 2 is 2.11 bits per heavy atom. The molecule has 0 unspecified atom stereocenters. The minimum absolute atomic E-state index is 0.388. The summed E-state index contributed by atoms with van der Waals surface area (Å²) in [6.45, 7) is 6.88. The maximum absolute atomic E-state index is 10.9. The summed E-state index contributed by atoms with van der Waals surface area (Å²) < 4.78 is 4.96. The minimum Gasteiger partial charge on any atom is -0.427 e. The van der Waals surface area contributed by atoms with E-state index in [1.807, 2.05) is 13.8 Å². The van der Waals surface area contributed by atoms with Gasteiger partial charge in [-0.05, 0) is 32.0 Å². The topological polar surface area (TPSA) is 54.3 Å². The zero-order valence-corrected chi connectivity index (χ0v) is 11.4. The van der Waals surface area contributed by atoms with Crippen molar-refractivity contribution in [1.82, 2.24) is 5.01 Å². The average Bonchev–Trinajstić information content (AvgIpc) is 2.40. The van der Waals surface area contributed by atoms with Crippen LogP contribution in [0.1, 0.15) is 26.3 Å². The molecule has 0 N–H and O–H groups in total. The number of hydrogen-bond acceptors (Lipinski definition) is 4. The summed E-state index contributed by atoms with van der Waals surface area (Å²) in [6, 6.07) is 4.91. The van der Waals surface area contributed by atoms with Crippen molar-refractivity contribution in [1.29, 1.82) is 0 Å². The average molecular weight is 259 g/mol. The van der Waals surface area contributed by atoms with E-state index in [4.69, 9.17) is 11.2 Å². The highest BCUT2D eigenvalue weighted by atomic mass is 16.5. The third kappa shape index (κ3) is 4.43. The van der Waals surface area contributed by atoms with Crippen molar-refractivity contribution in [2.45, 2.75) is 20.8 Å². The maximum atomic E-state index is 10.9. The minimum atomic E-state index is -0.388. The van der Waals surface area contributed by atoms with Gasteiger partial charge in [-0.3, -0.25) is 9.80 Å². The molecule has 5 heteroatoms. The van der Waals surface area contributed by atoms with Crippen LogP contribution in [0, 0.1) is 12.3 Å². The molecule has 0 aromatic heterocycles. The van der Waals surface area contributed by atoms with Gasteiger partial charge in [0.15, 0.2) is 0 Å². The van der Waals surface area contributed by atoms with Crippen LogP contribution in [0.2, 0.25) is 0 Å². The lowest BCUT2D eigenvalue weighted by molar-refractivity contribution is -0.131. The lowest BCUT2D eigenvalue weighted by atomic mass is 10.2. The predicted octanol–water partition coefficient (Wildman–Crippen LogP) is 2.93. The van der Waals surface area contributed by atoms with E-state index in [0.717, 1.165) is 13.1 Å². The van der Waals surface area contributed by atoms with E-state index in [9.17, 15) is 4.79 Å². The van der Waals surface area contributed by atoms with Crippen LogP contribution in [0.5, 0.6) is 5.75 Å². The van der Waals surface area contributed by atoms with Crippen LogP contribution in [0.4, 0.5) is 5.69 Å². The van der Waals surface area contributed by atoms with Gasteiger partial charge in [-0.15, -0.1) is 11.5 Å². The second-order valence-corrected chi connectivity index (χ2v) is 3.75. The first kappa shape index (κ1) is 14.7. The smallest absolute Gasteiger partial charge is 0.308 e. The van der Waals surface area contributed by atoms with Gasteiger partial charge in [0, 0.05) is 20.0 Å². The predicted molar refractivity (Wildman–Crippen MR) is 73.1 cm³/mol.